The SMILES string of the molecule is CC(C)(C)NS(=O)(=O)c1cccc(-c2ccc3cnc(Nc4ccc5c(c4)NC(=O)C5(C)C)nn23)c1. The molecule has 3 N–H and O–H groups in total. The molecule has 9 nitrogen and oxygen atoms in total. The monoisotopic (exact) mass is 504 g/mol. The Morgan fingerprint density at radius 2 is 1.81 bits per heavy atom. The van der Waals surface area contributed by atoms with Crippen molar-refractivity contribution < 1.29 is 13.2 Å². The Hall–Kier alpha value is -3.76. The van der Waals surface area contributed by atoms with E-state index in [0.717, 1.165) is 28.1 Å². The highest BCUT2D eigenvalue weighted by molar-refractivity contribution is 7.89. The molecule has 3 heterocycles. The molecule has 0 unspecified atom stereocenters. The molecule has 186 valence electrons. The number of amides is 1. The zero-order valence-corrected chi connectivity index (χ0v) is 21.6. The molecule has 0 fully saturated rings. The van der Waals surface area contributed by atoms with Gasteiger partial charge in [-0.3, -0.25) is 4.79 Å². The number of hydrogen-bond donors (Lipinski definition) is 3. The number of nitrogens with zero attached hydrogens (tertiary/aromatic N) is 3. The van der Waals surface area contributed by atoms with Crippen LogP contribution in [-0.4, -0.2) is 34.5 Å². The maximum absolute atomic E-state index is 12.9. The lowest BCUT2D eigenvalue weighted by atomic mass is 9.86. The van der Waals surface area contributed by atoms with Gasteiger partial charge in [-0.25, -0.2) is 22.6 Å². The molecule has 0 bridgehead atoms. The fourth-order valence-electron chi connectivity index (χ4n) is 4.26. The molecule has 0 aliphatic carbocycles. The number of anilines is 3. The first-order chi connectivity index (χ1) is 16.8. The predicted molar refractivity (Wildman–Crippen MR) is 140 cm³/mol. The van der Waals surface area contributed by atoms with Crippen LogP contribution in [0, 0.1) is 0 Å². The first-order valence-electron chi connectivity index (χ1n) is 11.6. The van der Waals surface area contributed by atoms with E-state index in [-0.39, 0.29) is 10.8 Å². The maximum atomic E-state index is 12.9. The lowest BCUT2D eigenvalue weighted by Crippen LogP contribution is -2.40. The molecule has 0 atom stereocenters. The average Bonchev–Trinajstić information content (AvgIpc) is 3.30. The molecule has 4 aromatic rings. The molecular weight excluding hydrogens is 476 g/mol. The number of benzene rings is 2. The van der Waals surface area contributed by atoms with Crippen LogP contribution in [0.5, 0.6) is 0 Å². The summed E-state index contributed by atoms with van der Waals surface area (Å²) >= 11 is 0. The Bertz CT molecular complexity index is 1620. The van der Waals surface area contributed by atoms with Crippen LogP contribution in [0.4, 0.5) is 17.3 Å². The fourth-order valence-corrected chi connectivity index (χ4v) is 5.73. The van der Waals surface area contributed by atoms with Crippen LogP contribution < -0.4 is 15.4 Å². The van der Waals surface area contributed by atoms with E-state index < -0.39 is 21.0 Å². The van der Waals surface area contributed by atoms with Gasteiger partial charge >= 0.3 is 0 Å². The molecule has 0 radical (unpaired) electrons. The summed E-state index contributed by atoms with van der Waals surface area (Å²) in [7, 11) is -3.69. The van der Waals surface area contributed by atoms with Crippen molar-refractivity contribution >= 4 is 38.8 Å². The molecular formula is C26H28N6O3S. The van der Waals surface area contributed by atoms with E-state index in [9.17, 15) is 13.2 Å². The molecule has 0 saturated carbocycles. The molecule has 1 aliphatic rings. The molecule has 10 heteroatoms. The van der Waals surface area contributed by atoms with Crippen LogP contribution >= 0.6 is 0 Å². The van der Waals surface area contributed by atoms with Gasteiger partial charge < -0.3 is 10.6 Å². The average molecular weight is 505 g/mol. The van der Waals surface area contributed by atoms with Crippen LogP contribution in [0.3, 0.4) is 0 Å². The van der Waals surface area contributed by atoms with Gasteiger partial charge in [-0.05, 0) is 76.6 Å². The highest BCUT2D eigenvalue weighted by Gasteiger charge is 2.38. The smallest absolute Gasteiger partial charge is 0.245 e. The summed E-state index contributed by atoms with van der Waals surface area (Å²) in [5.41, 5.74) is 3.47. The molecule has 1 aliphatic heterocycles. The van der Waals surface area contributed by atoms with Crippen molar-refractivity contribution in [1.29, 1.82) is 0 Å². The van der Waals surface area contributed by atoms with Crippen molar-refractivity contribution in [3.63, 3.8) is 0 Å². The molecule has 5 rings (SSSR count). The Balaban J connectivity index is 1.47. The predicted octanol–water partition coefficient (Wildman–Crippen LogP) is 4.45. The van der Waals surface area contributed by atoms with E-state index in [4.69, 9.17) is 0 Å². The van der Waals surface area contributed by atoms with E-state index in [0.29, 0.717) is 11.5 Å². The minimum atomic E-state index is -3.69. The zero-order valence-electron chi connectivity index (χ0n) is 20.7. The second-order valence-electron chi connectivity index (χ2n) is 10.5. The topological polar surface area (TPSA) is 117 Å². The van der Waals surface area contributed by atoms with Crippen LogP contribution in [-0.2, 0) is 20.2 Å². The van der Waals surface area contributed by atoms with E-state index in [2.05, 4.69) is 25.4 Å². The lowest BCUT2D eigenvalue weighted by molar-refractivity contribution is -0.119. The van der Waals surface area contributed by atoms with Crippen LogP contribution in [0.1, 0.15) is 40.2 Å². The van der Waals surface area contributed by atoms with Gasteiger partial charge in [0.1, 0.15) is 0 Å². The Labute approximate surface area is 210 Å². The number of sulfonamides is 1. The summed E-state index contributed by atoms with van der Waals surface area (Å²) in [5.74, 6) is 0.327. The quantitative estimate of drug-likeness (QED) is 0.370. The van der Waals surface area contributed by atoms with Crippen molar-refractivity contribution in [3.05, 3.63) is 66.4 Å². The zero-order chi connectivity index (χ0) is 25.9. The lowest BCUT2D eigenvalue weighted by Gasteiger charge is -2.20. The van der Waals surface area contributed by atoms with Gasteiger partial charge in [-0.2, -0.15) is 0 Å². The molecule has 2 aromatic heterocycles. The number of carbonyl (C=O) groups excluding carboxylic acids is 1. The van der Waals surface area contributed by atoms with Gasteiger partial charge in [0.05, 0.1) is 27.7 Å². The van der Waals surface area contributed by atoms with Gasteiger partial charge in [0.15, 0.2) is 0 Å². The molecule has 36 heavy (non-hydrogen) atoms. The highest BCUT2D eigenvalue weighted by atomic mass is 32.2. The highest BCUT2D eigenvalue weighted by Crippen LogP contribution is 2.39. The first kappa shape index (κ1) is 24.0. The largest absolute Gasteiger partial charge is 0.325 e. The number of fused-ring (bicyclic) bond motifs is 2. The van der Waals surface area contributed by atoms with Gasteiger partial charge in [-0.1, -0.05) is 18.2 Å². The second-order valence-corrected chi connectivity index (χ2v) is 12.2. The van der Waals surface area contributed by atoms with Gasteiger partial charge in [0.25, 0.3) is 0 Å². The van der Waals surface area contributed by atoms with E-state index in [1.54, 1.807) is 49.7 Å². The summed E-state index contributed by atoms with van der Waals surface area (Å²) in [6, 6.07) is 16.2. The number of aromatic nitrogens is 3. The van der Waals surface area contributed by atoms with Crippen molar-refractivity contribution in [1.82, 2.24) is 19.3 Å². The molecule has 0 saturated heterocycles. The van der Waals surface area contributed by atoms with Crippen LogP contribution in [0.15, 0.2) is 65.7 Å². The minimum absolute atomic E-state index is 0.0359. The summed E-state index contributed by atoms with van der Waals surface area (Å²) < 4.78 is 30.1. The first-order valence-corrected chi connectivity index (χ1v) is 13.0. The standard InChI is InChI=1S/C26H28N6O3S/c1-25(2,3)31-36(34,35)19-8-6-7-16(13-19)22-12-10-18-15-27-24(30-32(18)22)28-17-9-11-20-21(14-17)29-23(33)26(20,4)5/h6-15,31H,1-5H3,(H,28,30)(H,29,33). The van der Waals surface area contributed by atoms with Crippen molar-refractivity contribution in [2.24, 2.45) is 0 Å². The Morgan fingerprint density at radius 3 is 2.56 bits per heavy atom. The fraction of sp³-hybridized carbons (Fsp3) is 0.269. The third-order valence-corrected chi connectivity index (χ3v) is 7.80. The van der Waals surface area contributed by atoms with Crippen molar-refractivity contribution in [3.8, 4) is 11.3 Å². The maximum Gasteiger partial charge on any atom is 0.245 e. The summed E-state index contributed by atoms with van der Waals surface area (Å²) in [6.07, 6.45) is 1.69. The number of carbonyl (C=O) groups is 1. The molecule has 0 spiro atoms. The second kappa shape index (κ2) is 8.14. The summed E-state index contributed by atoms with van der Waals surface area (Å²) in [5, 5.41) is 10.8. The van der Waals surface area contributed by atoms with E-state index in [1.807, 2.05) is 50.2 Å². The Kier molecular flexibility index (Phi) is 5.42. The third-order valence-electron chi connectivity index (χ3n) is 6.04. The Morgan fingerprint density at radius 1 is 1.03 bits per heavy atom. The van der Waals surface area contributed by atoms with Gasteiger partial charge in [-0.15, -0.1) is 5.10 Å². The minimum Gasteiger partial charge on any atom is -0.325 e. The molecule has 2 aromatic carbocycles. The third kappa shape index (κ3) is 4.33. The summed E-state index contributed by atoms with van der Waals surface area (Å²) in [4.78, 5) is 16.9. The number of rotatable bonds is 5. The van der Waals surface area contributed by atoms with E-state index >= 15 is 0 Å². The normalized spacial score (nSPS) is 15.1. The van der Waals surface area contributed by atoms with E-state index in [1.165, 1.54) is 0 Å². The molecule has 1 amide bonds. The summed E-state index contributed by atoms with van der Waals surface area (Å²) in [6.45, 7) is 9.19. The van der Waals surface area contributed by atoms with Crippen LogP contribution in [0.2, 0.25) is 0 Å². The van der Waals surface area contributed by atoms with Crippen molar-refractivity contribution in [2.45, 2.75) is 50.5 Å². The van der Waals surface area contributed by atoms with Crippen LogP contribution in [0.25, 0.3) is 16.8 Å². The number of hydrogen-bond acceptors (Lipinski definition) is 6. The number of nitrogens with one attached hydrogen (secondary N) is 3. The van der Waals surface area contributed by atoms with Gasteiger partial charge in [0, 0.05) is 22.5 Å². The van der Waals surface area contributed by atoms with Crippen molar-refractivity contribution in [2.75, 3.05) is 10.6 Å². The van der Waals surface area contributed by atoms with Gasteiger partial charge in [0.2, 0.25) is 21.9 Å².